The van der Waals surface area contributed by atoms with Gasteiger partial charge in [-0.15, -0.1) is 10.2 Å². The zero-order valence-electron chi connectivity index (χ0n) is 12.6. The largest absolute Gasteiger partial charge is 0.459 e. The maximum absolute atomic E-state index is 12.2. The summed E-state index contributed by atoms with van der Waals surface area (Å²) in [5.74, 6) is 1.05. The lowest BCUT2D eigenvalue weighted by Crippen LogP contribution is -2.50. The third-order valence-electron chi connectivity index (χ3n) is 3.54. The van der Waals surface area contributed by atoms with E-state index in [1.165, 1.54) is 18.0 Å². The number of hydrogen-bond acceptors (Lipinski definition) is 7. The van der Waals surface area contributed by atoms with Crippen molar-refractivity contribution >= 4 is 23.6 Å². The first kappa shape index (κ1) is 15.6. The summed E-state index contributed by atoms with van der Waals surface area (Å²) in [5, 5.41) is 8.09. The van der Waals surface area contributed by atoms with Crippen molar-refractivity contribution < 1.29 is 18.4 Å². The normalized spacial score (nSPS) is 15.0. The second-order valence-corrected chi connectivity index (χ2v) is 5.95. The van der Waals surface area contributed by atoms with Crippen LogP contribution < -0.4 is 0 Å². The van der Waals surface area contributed by atoms with Crippen molar-refractivity contribution in [3.05, 3.63) is 18.4 Å². The molecule has 1 aliphatic heterocycles. The van der Waals surface area contributed by atoms with Crippen molar-refractivity contribution in [3.63, 3.8) is 0 Å². The van der Waals surface area contributed by atoms with Gasteiger partial charge in [-0.05, 0) is 12.1 Å². The number of aromatic nitrogens is 2. The maximum atomic E-state index is 12.2. The van der Waals surface area contributed by atoms with Crippen molar-refractivity contribution in [1.29, 1.82) is 0 Å². The van der Waals surface area contributed by atoms with Gasteiger partial charge >= 0.3 is 0 Å². The van der Waals surface area contributed by atoms with Gasteiger partial charge < -0.3 is 18.6 Å². The summed E-state index contributed by atoms with van der Waals surface area (Å²) < 4.78 is 10.6. The predicted octanol–water partition coefficient (Wildman–Crippen LogP) is 1.11. The van der Waals surface area contributed by atoms with Gasteiger partial charge in [0.25, 0.3) is 11.1 Å². The number of furan rings is 1. The molecule has 8 nitrogen and oxygen atoms in total. The van der Waals surface area contributed by atoms with Gasteiger partial charge in [0.1, 0.15) is 0 Å². The standard InChI is InChI=1S/C14H16N4O4S/c1-10(19)17-4-6-18(7-5-17)12(20)9-23-14-16-15-13(22-14)11-3-2-8-21-11/h2-3,8H,4-7,9H2,1H3. The van der Waals surface area contributed by atoms with Crippen molar-refractivity contribution in [1.82, 2.24) is 20.0 Å². The molecule has 2 amide bonds. The first-order chi connectivity index (χ1) is 11.1. The topological polar surface area (TPSA) is 92.7 Å². The van der Waals surface area contributed by atoms with E-state index in [1.54, 1.807) is 28.9 Å². The molecule has 0 radical (unpaired) electrons. The number of carbonyl (C=O) groups is 2. The van der Waals surface area contributed by atoms with E-state index in [2.05, 4.69) is 10.2 Å². The molecule has 1 fully saturated rings. The van der Waals surface area contributed by atoms with E-state index in [0.29, 0.717) is 43.1 Å². The zero-order valence-corrected chi connectivity index (χ0v) is 13.4. The Labute approximate surface area is 136 Å². The third-order valence-corrected chi connectivity index (χ3v) is 4.34. The number of nitrogens with zero attached hydrogens (tertiary/aromatic N) is 4. The van der Waals surface area contributed by atoms with E-state index in [1.807, 2.05) is 0 Å². The van der Waals surface area contributed by atoms with Gasteiger partial charge in [-0.1, -0.05) is 11.8 Å². The van der Waals surface area contributed by atoms with E-state index < -0.39 is 0 Å². The number of carbonyl (C=O) groups excluding carboxylic acids is 2. The van der Waals surface area contributed by atoms with Crippen LogP contribution in [0.4, 0.5) is 0 Å². The molecule has 0 saturated carbocycles. The summed E-state index contributed by atoms with van der Waals surface area (Å²) in [7, 11) is 0. The van der Waals surface area contributed by atoms with Crippen molar-refractivity contribution in [2.24, 2.45) is 0 Å². The Kier molecular flexibility index (Phi) is 4.65. The summed E-state index contributed by atoms with van der Waals surface area (Å²) in [6, 6.07) is 3.46. The van der Waals surface area contributed by atoms with Crippen LogP contribution in [0.25, 0.3) is 11.7 Å². The zero-order chi connectivity index (χ0) is 16.2. The Balaban J connectivity index is 1.49. The van der Waals surface area contributed by atoms with Gasteiger partial charge in [-0.3, -0.25) is 9.59 Å². The minimum atomic E-state index is -0.00375. The average molecular weight is 336 g/mol. The molecule has 9 heteroatoms. The van der Waals surface area contributed by atoms with Gasteiger partial charge in [-0.25, -0.2) is 0 Å². The van der Waals surface area contributed by atoms with Crippen molar-refractivity contribution in [2.45, 2.75) is 12.1 Å². The molecule has 122 valence electrons. The molecular weight excluding hydrogens is 320 g/mol. The molecule has 0 spiro atoms. The number of piperazine rings is 1. The quantitative estimate of drug-likeness (QED) is 0.772. The summed E-state index contributed by atoms with van der Waals surface area (Å²) in [6.45, 7) is 3.81. The van der Waals surface area contributed by atoms with Crippen LogP contribution in [0.5, 0.6) is 0 Å². The van der Waals surface area contributed by atoms with E-state index in [9.17, 15) is 9.59 Å². The lowest BCUT2D eigenvalue weighted by molar-refractivity contribution is -0.136. The first-order valence-corrected chi connectivity index (χ1v) is 8.15. The molecular formula is C14H16N4O4S. The van der Waals surface area contributed by atoms with Crippen LogP contribution in [0.1, 0.15) is 6.92 Å². The van der Waals surface area contributed by atoms with Crippen LogP contribution in [-0.2, 0) is 9.59 Å². The number of thioether (sulfide) groups is 1. The Morgan fingerprint density at radius 2 is 1.96 bits per heavy atom. The molecule has 0 bridgehead atoms. The van der Waals surface area contributed by atoms with Gasteiger partial charge in [0.15, 0.2) is 5.76 Å². The predicted molar refractivity (Wildman–Crippen MR) is 81.6 cm³/mol. The first-order valence-electron chi connectivity index (χ1n) is 7.17. The van der Waals surface area contributed by atoms with Crippen LogP contribution in [0.15, 0.2) is 32.5 Å². The molecule has 0 unspecified atom stereocenters. The highest BCUT2D eigenvalue weighted by atomic mass is 32.2. The average Bonchev–Trinajstić information content (AvgIpc) is 3.23. The van der Waals surface area contributed by atoms with E-state index in [0.717, 1.165) is 0 Å². The highest BCUT2D eigenvalue weighted by molar-refractivity contribution is 7.99. The monoisotopic (exact) mass is 336 g/mol. The molecule has 1 aliphatic rings. The van der Waals surface area contributed by atoms with Gasteiger partial charge in [-0.2, -0.15) is 0 Å². The molecule has 3 heterocycles. The smallest absolute Gasteiger partial charge is 0.284 e. The Morgan fingerprint density at radius 3 is 2.61 bits per heavy atom. The van der Waals surface area contributed by atoms with Crippen LogP contribution in [0.3, 0.4) is 0 Å². The number of rotatable bonds is 4. The fourth-order valence-corrected chi connectivity index (χ4v) is 2.92. The Bertz CT molecular complexity index is 677. The van der Waals surface area contributed by atoms with Crippen LogP contribution in [0, 0.1) is 0 Å². The molecule has 2 aromatic heterocycles. The minimum Gasteiger partial charge on any atom is -0.459 e. The van der Waals surface area contributed by atoms with Crippen molar-refractivity contribution in [3.8, 4) is 11.7 Å². The van der Waals surface area contributed by atoms with Crippen LogP contribution in [0.2, 0.25) is 0 Å². The summed E-state index contributed by atoms with van der Waals surface area (Å²) >= 11 is 1.19. The molecule has 0 N–H and O–H groups in total. The highest BCUT2D eigenvalue weighted by Crippen LogP contribution is 2.23. The molecule has 2 aromatic rings. The van der Waals surface area contributed by atoms with Crippen LogP contribution >= 0.6 is 11.8 Å². The lowest BCUT2D eigenvalue weighted by atomic mass is 10.3. The van der Waals surface area contributed by atoms with Gasteiger partial charge in [0.2, 0.25) is 11.8 Å². The lowest BCUT2D eigenvalue weighted by Gasteiger charge is -2.34. The second kappa shape index (κ2) is 6.86. The Morgan fingerprint density at radius 1 is 1.22 bits per heavy atom. The SMILES string of the molecule is CC(=O)N1CCN(C(=O)CSc2nnc(-c3ccco3)o2)CC1. The molecule has 0 aliphatic carbocycles. The van der Waals surface area contributed by atoms with E-state index in [-0.39, 0.29) is 17.6 Å². The van der Waals surface area contributed by atoms with E-state index >= 15 is 0 Å². The van der Waals surface area contributed by atoms with Crippen molar-refractivity contribution in [2.75, 3.05) is 31.9 Å². The summed E-state index contributed by atoms with van der Waals surface area (Å²) in [4.78, 5) is 26.9. The highest BCUT2D eigenvalue weighted by Gasteiger charge is 2.23. The summed E-state index contributed by atoms with van der Waals surface area (Å²) in [6.07, 6.45) is 1.52. The van der Waals surface area contributed by atoms with E-state index in [4.69, 9.17) is 8.83 Å². The van der Waals surface area contributed by atoms with Crippen LogP contribution in [-0.4, -0.2) is 63.7 Å². The second-order valence-electron chi connectivity index (χ2n) is 5.03. The molecule has 0 aromatic carbocycles. The molecule has 3 rings (SSSR count). The molecule has 0 atom stereocenters. The number of hydrogen-bond donors (Lipinski definition) is 0. The Hall–Kier alpha value is -2.29. The minimum absolute atomic E-state index is 0.00375. The maximum Gasteiger partial charge on any atom is 0.284 e. The summed E-state index contributed by atoms with van der Waals surface area (Å²) in [5.41, 5.74) is 0. The molecule has 1 saturated heterocycles. The molecule has 23 heavy (non-hydrogen) atoms. The number of amides is 2. The van der Waals surface area contributed by atoms with Gasteiger partial charge in [0, 0.05) is 33.1 Å². The fourth-order valence-electron chi connectivity index (χ4n) is 2.25. The van der Waals surface area contributed by atoms with Gasteiger partial charge in [0.05, 0.1) is 12.0 Å². The third kappa shape index (κ3) is 3.73. The fraction of sp³-hybridized carbons (Fsp3) is 0.429.